The molecule has 78 valence electrons. The van der Waals surface area contributed by atoms with Crippen molar-refractivity contribution in [3.8, 4) is 0 Å². The number of aliphatic hydroxyl groups is 1. The Kier molecular flexibility index (Phi) is 3.33. The summed E-state index contributed by atoms with van der Waals surface area (Å²) in [5, 5.41) is 9.62. The van der Waals surface area contributed by atoms with E-state index in [1.54, 1.807) is 0 Å². The van der Waals surface area contributed by atoms with Crippen molar-refractivity contribution in [1.82, 2.24) is 0 Å². The van der Waals surface area contributed by atoms with Gasteiger partial charge in [-0.1, -0.05) is 13.3 Å². The maximum Gasteiger partial charge on any atom is 0.329 e. The van der Waals surface area contributed by atoms with Gasteiger partial charge < -0.3 is 5.11 Å². The average molecular weight is 257 g/mol. The van der Waals surface area contributed by atoms with Crippen LogP contribution in [0.2, 0.25) is 0 Å². The van der Waals surface area contributed by atoms with Crippen LogP contribution in [0, 0.1) is 5.92 Å². The average Bonchev–Trinajstić information content (AvgIpc) is 2.04. The minimum atomic E-state index is -3.14. The van der Waals surface area contributed by atoms with Crippen molar-refractivity contribution >= 4 is 15.9 Å². The Morgan fingerprint density at radius 2 is 1.92 bits per heavy atom. The first-order valence-corrected chi connectivity index (χ1v) is 5.47. The monoisotopic (exact) mass is 256 g/mol. The van der Waals surface area contributed by atoms with E-state index < -0.39 is 10.4 Å². The van der Waals surface area contributed by atoms with Gasteiger partial charge in [-0.15, -0.1) is 0 Å². The molecule has 0 spiro atoms. The second-order valence-electron chi connectivity index (χ2n) is 3.88. The normalized spacial score (nSPS) is 36.2. The summed E-state index contributed by atoms with van der Waals surface area (Å²) in [4.78, 5) is -3.14. The largest absolute Gasteiger partial charge is 0.383 e. The van der Waals surface area contributed by atoms with E-state index in [9.17, 15) is 13.9 Å². The first kappa shape index (κ1) is 11.4. The molecule has 0 aromatic rings. The van der Waals surface area contributed by atoms with Gasteiger partial charge in [-0.05, 0) is 47.5 Å². The van der Waals surface area contributed by atoms with Crippen LogP contribution >= 0.6 is 15.9 Å². The summed E-state index contributed by atoms with van der Waals surface area (Å²) in [7, 11) is 0. The third-order valence-corrected chi connectivity index (χ3v) is 3.78. The highest BCUT2D eigenvalue weighted by atomic mass is 79.9. The quantitative estimate of drug-likeness (QED) is 0.752. The van der Waals surface area contributed by atoms with E-state index in [2.05, 4.69) is 22.9 Å². The molecular formula is C9H15BrF2O. The van der Waals surface area contributed by atoms with Gasteiger partial charge in [0, 0.05) is 0 Å². The van der Waals surface area contributed by atoms with E-state index in [1.165, 1.54) is 0 Å². The minimum absolute atomic E-state index is 0.198. The Morgan fingerprint density at radius 3 is 2.23 bits per heavy atom. The zero-order chi connectivity index (χ0) is 10.1. The molecule has 1 fully saturated rings. The topological polar surface area (TPSA) is 20.2 Å². The number of rotatable bonds is 2. The van der Waals surface area contributed by atoms with Gasteiger partial charge in [-0.2, -0.15) is 8.78 Å². The fourth-order valence-electron chi connectivity index (χ4n) is 1.85. The van der Waals surface area contributed by atoms with Gasteiger partial charge >= 0.3 is 4.83 Å². The van der Waals surface area contributed by atoms with Crippen molar-refractivity contribution in [2.24, 2.45) is 5.92 Å². The molecule has 1 N–H and O–H groups in total. The third kappa shape index (κ3) is 2.40. The van der Waals surface area contributed by atoms with Crippen LogP contribution in [-0.4, -0.2) is 15.5 Å². The van der Waals surface area contributed by atoms with E-state index in [1.807, 2.05) is 0 Å². The molecule has 0 saturated heterocycles. The molecule has 0 atom stereocenters. The summed E-state index contributed by atoms with van der Waals surface area (Å²) in [5.41, 5.74) is -1.82. The molecular weight excluding hydrogens is 242 g/mol. The molecule has 1 aliphatic rings. The van der Waals surface area contributed by atoms with Crippen molar-refractivity contribution in [2.75, 3.05) is 0 Å². The standard InChI is InChI=1S/C9H15BrF2O/c1-2-7-3-5-8(13,6-4-7)9(10,11)12/h7,13H,2-6H2,1H3. The summed E-state index contributed by atoms with van der Waals surface area (Å²) >= 11 is 2.25. The fourth-order valence-corrected chi connectivity index (χ4v) is 2.24. The Bertz CT molecular complexity index is 171. The predicted molar refractivity (Wildman–Crippen MR) is 51.1 cm³/mol. The zero-order valence-corrected chi connectivity index (χ0v) is 9.28. The Labute approximate surface area is 85.6 Å². The van der Waals surface area contributed by atoms with E-state index in [0.717, 1.165) is 6.42 Å². The molecule has 1 rings (SSSR count). The molecule has 0 aromatic heterocycles. The minimum Gasteiger partial charge on any atom is -0.383 e. The highest BCUT2D eigenvalue weighted by Crippen LogP contribution is 2.45. The van der Waals surface area contributed by atoms with E-state index in [0.29, 0.717) is 18.8 Å². The van der Waals surface area contributed by atoms with Crippen LogP contribution in [0.1, 0.15) is 39.0 Å². The van der Waals surface area contributed by atoms with Gasteiger partial charge in [0.2, 0.25) is 0 Å². The van der Waals surface area contributed by atoms with Gasteiger partial charge in [0.25, 0.3) is 0 Å². The SMILES string of the molecule is CCC1CCC(O)(C(F)(F)Br)CC1. The van der Waals surface area contributed by atoms with Crippen LogP contribution in [-0.2, 0) is 0 Å². The summed E-state index contributed by atoms with van der Waals surface area (Å²) in [6, 6.07) is 0. The maximum atomic E-state index is 12.9. The highest BCUT2D eigenvalue weighted by molar-refractivity contribution is 9.10. The summed E-state index contributed by atoms with van der Waals surface area (Å²) < 4.78 is 25.8. The Balaban J connectivity index is 2.57. The fraction of sp³-hybridized carbons (Fsp3) is 1.00. The van der Waals surface area contributed by atoms with Crippen LogP contribution in [0.15, 0.2) is 0 Å². The van der Waals surface area contributed by atoms with Crippen LogP contribution < -0.4 is 0 Å². The molecule has 1 nitrogen and oxygen atoms in total. The maximum absolute atomic E-state index is 12.9. The number of halogens is 3. The molecule has 4 heteroatoms. The third-order valence-electron chi connectivity index (χ3n) is 3.04. The van der Waals surface area contributed by atoms with Gasteiger partial charge in [0.15, 0.2) is 0 Å². The van der Waals surface area contributed by atoms with E-state index in [4.69, 9.17) is 0 Å². The molecule has 13 heavy (non-hydrogen) atoms. The first-order valence-electron chi connectivity index (χ1n) is 4.68. The molecule has 1 saturated carbocycles. The molecule has 0 aliphatic heterocycles. The second-order valence-corrected chi connectivity index (χ2v) is 4.88. The lowest BCUT2D eigenvalue weighted by atomic mass is 9.78. The van der Waals surface area contributed by atoms with Crippen LogP contribution in [0.3, 0.4) is 0 Å². The first-order chi connectivity index (χ1) is 5.89. The van der Waals surface area contributed by atoms with E-state index >= 15 is 0 Å². The number of alkyl halides is 3. The predicted octanol–water partition coefficient (Wildman–Crippen LogP) is 3.31. The van der Waals surface area contributed by atoms with Gasteiger partial charge in [0.1, 0.15) is 5.60 Å². The second kappa shape index (κ2) is 3.81. The molecule has 0 unspecified atom stereocenters. The summed E-state index contributed by atoms with van der Waals surface area (Å²) in [6.45, 7) is 2.06. The van der Waals surface area contributed by atoms with Gasteiger partial charge in [0.05, 0.1) is 0 Å². The van der Waals surface area contributed by atoms with Crippen molar-refractivity contribution < 1.29 is 13.9 Å². The lowest BCUT2D eigenvalue weighted by molar-refractivity contribution is -0.140. The van der Waals surface area contributed by atoms with Crippen molar-refractivity contribution in [2.45, 2.75) is 49.5 Å². The zero-order valence-electron chi connectivity index (χ0n) is 7.69. The lowest BCUT2D eigenvalue weighted by Crippen LogP contribution is -2.46. The Hall–Kier alpha value is 0.300. The number of hydrogen-bond donors (Lipinski definition) is 1. The number of hydrogen-bond acceptors (Lipinski definition) is 1. The highest BCUT2D eigenvalue weighted by Gasteiger charge is 2.51. The van der Waals surface area contributed by atoms with E-state index in [-0.39, 0.29) is 12.8 Å². The summed E-state index contributed by atoms with van der Waals surface area (Å²) in [6.07, 6.45) is 2.82. The molecule has 0 amide bonds. The lowest BCUT2D eigenvalue weighted by Gasteiger charge is -2.38. The van der Waals surface area contributed by atoms with Crippen LogP contribution in [0.4, 0.5) is 8.78 Å². The molecule has 0 aromatic carbocycles. The molecule has 1 aliphatic carbocycles. The van der Waals surface area contributed by atoms with Crippen molar-refractivity contribution in [3.63, 3.8) is 0 Å². The molecule has 0 heterocycles. The molecule has 0 radical (unpaired) electrons. The summed E-state index contributed by atoms with van der Waals surface area (Å²) in [5.74, 6) is 0.509. The Morgan fingerprint density at radius 1 is 1.46 bits per heavy atom. The van der Waals surface area contributed by atoms with Crippen molar-refractivity contribution in [3.05, 3.63) is 0 Å². The van der Waals surface area contributed by atoms with Crippen molar-refractivity contribution in [1.29, 1.82) is 0 Å². The van der Waals surface area contributed by atoms with Gasteiger partial charge in [-0.25, -0.2) is 0 Å². The smallest absolute Gasteiger partial charge is 0.329 e. The van der Waals surface area contributed by atoms with Crippen LogP contribution in [0.25, 0.3) is 0 Å². The van der Waals surface area contributed by atoms with Gasteiger partial charge in [-0.3, -0.25) is 0 Å². The van der Waals surface area contributed by atoms with Crippen LogP contribution in [0.5, 0.6) is 0 Å². The molecule has 0 bridgehead atoms.